The smallest absolute Gasteiger partial charge is 0.138 e. The lowest BCUT2D eigenvalue weighted by Gasteiger charge is -2.05. The van der Waals surface area contributed by atoms with E-state index in [1.165, 1.54) is 0 Å². The van der Waals surface area contributed by atoms with Gasteiger partial charge in [-0.05, 0) is 66.7 Å². The van der Waals surface area contributed by atoms with Gasteiger partial charge >= 0.3 is 0 Å². The van der Waals surface area contributed by atoms with Gasteiger partial charge in [-0.1, -0.05) is 5.21 Å². The van der Waals surface area contributed by atoms with Crippen LogP contribution >= 0.6 is 0 Å². The highest BCUT2D eigenvalue weighted by molar-refractivity contribution is 5.98. The normalized spacial score (nSPS) is 10.9. The van der Waals surface area contributed by atoms with Gasteiger partial charge in [-0.3, -0.25) is 5.41 Å². The van der Waals surface area contributed by atoms with Gasteiger partial charge in [0, 0.05) is 11.1 Å². The van der Waals surface area contributed by atoms with E-state index < -0.39 is 0 Å². The Kier molecular flexibility index (Phi) is 5.19. The number of methoxy groups -OCH3 is 1. The molecular weight excluding hydrogens is 418 g/mol. The number of aromatic amines is 1. The average molecular weight is 439 g/mol. The monoisotopic (exact) mass is 439 g/mol. The van der Waals surface area contributed by atoms with Gasteiger partial charge in [-0.15, -0.1) is 5.10 Å². The van der Waals surface area contributed by atoms with Crippen LogP contribution in [-0.2, 0) is 6.61 Å². The summed E-state index contributed by atoms with van der Waals surface area (Å²) in [6.07, 6.45) is 1.83. The van der Waals surface area contributed by atoms with E-state index in [4.69, 9.17) is 20.6 Å². The highest BCUT2D eigenvalue weighted by Gasteiger charge is 2.08. The van der Waals surface area contributed by atoms with Gasteiger partial charge in [0.25, 0.3) is 0 Å². The molecule has 0 radical (unpaired) electrons. The molecule has 9 nitrogen and oxygen atoms in total. The van der Waals surface area contributed by atoms with Crippen molar-refractivity contribution in [3.05, 3.63) is 84.2 Å². The summed E-state index contributed by atoms with van der Waals surface area (Å²) in [5.74, 6) is 2.26. The fraction of sp³-hybridized carbons (Fsp3) is 0.0833. The van der Waals surface area contributed by atoms with E-state index >= 15 is 0 Å². The first-order valence-corrected chi connectivity index (χ1v) is 10.2. The van der Waals surface area contributed by atoms with Crippen molar-refractivity contribution in [3.8, 4) is 28.6 Å². The summed E-state index contributed by atoms with van der Waals surface area (Å²) in [5.41, 5.74) is 10.4. The van der Waals surface area contributed by atoms with Gasteiger partial charge in [0.1, 0.15) is 35.5 Å². The molecule has 4 N–H and O–H groups in total. The van der Waals surface area contributed by atoms with Gasteiger partial charge < -0.3 is 20.2 Å². The molecule has 2 aromatic heterocycles. The number of nitrogen functional groups attached to an aromatic ring is 1. The van der Waals surface area contributed by atoms with Gasteiger partial charge in [0.15, 0.2) is 0 Å². The van der Waals surface area contributed by atoms with E-state index in [1.807, 2.05) is 66.9 Å². The van der Waals surface area contributed by atoms with Crippen LogP contribution in [0.4, 0.5) is 0 Å². The number of benzene rings is 3. The number of hydrogen-bond acceptors (Lipinski definition) is 6. The van der Waals surface area contributed by atoms with E-state index in [-0.39, 0.29) is 5.84 Å². The summed E-state index contributed by atoms with van der Waals surface area (Å²) in [6.45, 7) is 0.300. The van der Waals surface area contributed by atoms with Crippen LogP contribution in [0.15, 0.2) is 72.9 Å². The minimum absolute atomic E-state index is 0.0265. The van der Waals surface area contributed by atoms with Crippen molar-refractivity contribution in [2.45, 2.75) is 6.61 Å². The molecule has 0 saturated carbocycles. The van der Waals surface area contributed by atoms with Crippen LogP contribution in [0, 0.1) is 5.41 Å². The lowest BCUT2D eigenvalue weighted by atomic mass is 10.2. The summed E-state index contributed by atoms with van der Waals surface area (Å²) in [7, 11) is 1.63. The Morgan fingerprint density at radius 1 is 1.03 bits per heavy atom. The molecule has 5 aromatic rings. The molecule has 0 bridgehead atoms. The third kappa shape index (κ3) is 4.24. The van der Waals surface area contributed by atoms with E-state index in [0.29, 0.717) is 23.6 Å². The summed E-state index contributed by atoms with van der Waals surface area (Å²) >= 11 is 0. The van der Waals surface area contributed by atoms with Crippen molar-refractivity contribution < 1.29 is 9.47 Å². The number of hydrogen-bond donors (Lipinski definition) is 3. The fourth-order valence-electron chi connectivity index (χ4n) is 3.41. The summed E-state index contributed by atoms with van der Waals surface area (Å²) in [4.78, 5) is 7.89. The van der Waals surface area contributed by atoms with Crippen molar-refractivity contribution >= 4 is 16.9 Å². The first-order valence-electron chi connectivity index (χ1n) is 10.2. The van der Waals surface area contributed by atoms with Crippen LogP contribution in [0.1, 0.15) is 11.3 Å². The van der Waals surface area contributed by atoms with Crippen LogP contribution in [0.3, 0.4) is 0 Å². The largest absolute Gasteiger partial charge is 0.497 e. The molecule has 0 atom stereocenters. The highest BCUT2D eigenvalue weighted by Crippen LogP contribution is 2.24. The van der Waals surface area contributed by atoms with Gasteiger partial charge in [-0.25, -0.2) is 9.67 Å². The van der Waals surface area contributed by atoms with E-state index in [9.17, 15) is 0 Å². The Morgan fingerprint density at radius 2 is 1.79 bits per heavy atom. The second-order valence-electron chi connectivity index (χ2n) is 7.40. The van der Waals surface area contributed by atoms with Crippen molar-refractivity contribution in [2.75, 3.05) is 7.11 Å². The van der Waals surface area contributed by atoms with Crippen LogP contribution in [0.5, 0.6) is 11.5 Å². The molecule has 0 spiro atoms. The lowest BCUT2D eigenvalue weighted by Crippen LogP contribution is -2.10. The minimum Gasteiger partial charge on any atom is -0.497 e. The minimum atomic E-state index is 0.0265. The predicted octanol–water partition coefficient (Wildman–Crippen LogP) is 3.68. The summed E-state index contributed by atoms with van der Waals surface area (Å²) < 4.78 is 12.7. The van der Waals surface area contributed by atoms with Gasteiger partial charge in [-0.2, -0.15) is 0 Å². The maximum Gasteiger partial charge on any atom is 0.138 e. The second kappa shape index (κ2) is 8.46. The van der Waals surface area contributed by atoms with Gasteiger partial charge in [0.05, 0.1) is 30.0 Å². The van der Waals surface area contributed by atoms with Crippen molar-refractivity contribution in [2.24, 2.45) is 5.73 Å². The zero-order chi connectivity index (χ0) is 22.8. The molecule has 0 unspecified atom stereocenters. The Bertz CT molecular complexity index is 1420. The molecule has 0 aliphatic carbocycles. The molecule has 2 heterocycles. The second-order valence-corrected chi connectivity index (χ2v) is 7.40. The third-order valence-corrected chi connectivity index (χ3v) is 5.19. The Balaban J connectivity index is 1.25. The molecule has 164 valence electrons. The molecule has 0 amide bonds. The Hall–Kier alpha value is -4.66. The van der Waals surface area contributed by atoms with Crippen molar-refractivity contribution in [1.82, 2.24) is 25.0 Å². The first kappa shape index (κ1) is 20.3. The number of amidine groups is 1. The number of nitrogens with zero attached hydrogens (tertiary/aromatic N) is 4. The van der Waals surface area contributed by atoms with Crippen LogP contribution in [0.2, 0.25) is 0 Å². The first-order chi connectivity index (χ1) is 16.1. The lowest BCUT2D eigenvalue weighted by molar-refractivity contribution is 0.301. The fourth-order valence-corrected chi connectivity index (χ4v) is 3.41. The van der Waals surface area contributed by atoms with Crippen LogP contribution in [-0.4, -0.2) is 37.9 Å². The van der Waals surface area contributed by atoms with Crippen molar-refractivity contribution in [1.29, 1.82) is 5.41 Å². The maximum absolute atomic E-state index is 7.58. The highest BCUT2D eigenvalue weighted by atomic mass is 16.5. The van der Waals surface area contributed by atoms with Crippen LogP contribution in [0.25, 0.3) is 28.1 Å². The zero-order valence-corrected chi connectivity index (χ0v) is 17.8. The number of ether oxygens (including phenoxy) is 2. The SMILES string of the molecule is COc1ccc(-n2cc(COc3ccc(-c4nc5ccc(C(=N)N)cc5[nH]4)cc3)nn2)cc1. The van der Waals surface area contributed by atoms with Crippen LogP contribution < -0.4 is 15.2 Å². The molecule has 0 aliphatic rings. The predicted molar refractivity (Wildman–Crippen MR) is 125 cm³/mol. The molecule has 0 saturated heterocycles. The molecule has 0 fully saturated rings. The van der Waals surface area contributed by atoms with E-state index in [1.54, 1.807) is 17.9 Å². The van der Waals surface area contributed by atoms with E-state index in [0.717, 1.165) is 33.9 Å². The van der Waals surface area contributed by atoms with E-state index in [2.05, 4.69) is 20.3 Å². The number of aromatic nitrogens is 5. The summed E-state index contributed by atoms with van der Waals surface area (Å²) in [5, 5.41) is 15.9. The Morgan fingerprint density at radius 3 is 2.52 bits per heavy atom. The molecule has 33 heavy (non-hydrogen) atoms. The van der Waals surface area contributed by atoms with Crippen molar-refractivity contribution in [3.63, 3.8) is 0 Å². The number of nitrogens with one attached hydrogen (secondary N) is 2. The number of nitrogens with two attached hydrogens (primary N) is 1. The quantitative estimate of drug-likeness (QED) is 0.262. The topological polar surface area (TPSA) is 128 Å². The molecular formula is C24H21N7O2. The molecule has 3 aromatic carbocycles. The number of rotatable bonds is 7. The molecule has 0 aliphatic heterocycles. The number of fused-ring (bicyclic) bond motifs is 1. The standard InChI is InChI=1S/C24H21N7O2/c1-32-19-9-5-18(6-10-19)31-13-17(29-30-31)14-33-20-7-2-15(3-8-20)24-27-21-11-4-16(23(25)26)12-22(21)28-24/h2-13H,14H2,1H3,(H3,25,26)(H,27,28). The average Bonchev–Trinajstić information content (AvgIpc) is 3.50. The Labute approximate surface area is 189 Å². The van der Waals surface area contributed by atoms with Gasteiger partial charge in [0.2, 0.25) is 0 Å². The number of imidazole rings is 1. The molecule has 5 rings (SSSR count). The number of H-pyrrole nitrogens is 1. The zero-order valence-electron chi connectivity index (χ0n) is 17.8. The third-order valence-electron chi connectivity index (χ3n) is 5.19. The molecule has 9 heteroatoms. The maximum atomic E-state index is 7.58. The summed E-state index contributed by atoms with van der Waals surface area (Å²) in [6, 6.07) is 20.7.